The van der Waals surface area contributed by atoms with Crippen LogP contribution in [0, 0.1) is 0 Å². The van der Waals surface area contributed by atoms with E-state index in [1.807, 2.05) is 36.3 Å². The lowest BCUT2D eigenvalue weighted by atomic mass is 9.93. The van der Waals surface area contributed by atoms with Gasteiger partial charge in [0.15, 0.2) is 11.5 Å². The summed E-state index contributed by atoms with van der Waals surface area (Å²) in [5, 5.41) is 3.09. The maximum absolute atomic E-state index is 13.8. The molecule has 2 aromatic carbocycles. The van der Waals surface area contributed by atoms with Crippen LogP contribution < -0.4 is 9.47 Å². The van der Waals surface area contributed by atoms with Crippen molar-refractivity contribution in [3.05, 3.63) is 79.5 Å². The van der Waals surface area contributed by atoms with Gasteiger partial charge in [0, 0.05) is 33.1 Å². The summed E-state index contributed by atoms with van der Waals surface area (Å²) < 4.78 is 10.8. The summed E-state index contributed by atoms with van der Waals surface area (Å²) in [6.45, 7) is 4.43. The first-order valence-electron chi connectivity index (χ1n) is 11.3. The monoisotopic (exact) mass is 530 g/mol. The van der Waals surface area contributed by atoms with Gasteiger partial charge in [-0.3, -0.25) is 9.59 Å². The first-order chi connectivity index (χ1) is 16.8. The van der Waals surface area contributed by atoms with E-state index in [0.717, 1.165) is 17.5 Å². The molecule has 0 spiro atoms. The number of carbonyl (C=O) groups excluding carboxylic acids is 2. The Balaban J connectivity index is 1.44. The molecule has 0 bridgehead atoms. The molecular weight excluding hydrogens is 507 g/mol. The van der Waals surface area contributed by atoms with Gasteiger partial charge in [0.25, 0.3) is 5.91 Å². The molecule has 0 aliphatic carbocycles. The number of ether oxygens (including phenoxy) is 2. The van der Waals surface area contributed by atoms with E-state index in [1.165, 1.54) is 4.88 Å². The van der Waals surface area contributed by atoms with Crippen LogP contribution in [0.1, 0.15) is 46.3 Å². The Morgan fingerprint density at radius 3 is 2.66 bits per heavy atom. The van der Waals surface area contributed by atoms with Crippen molar-refractivity contribution in [3.8, 4) is 11.5 Å². The molecule has 35 heavy (non-hydrogen) atoms. The number of hydrogen-bond acceptors (Lipinski definition) is 5. The van der Waals surface area contributed by atoms with E-state index in [1.54, 1.807) is 46.6 Å². The van der Waals surface area contributed by atoms with Crippen LogP contribution in [0.5, 0.6) is 11.5 Å². The van der Waals surface area contributed by atoms with E-state index < -0.39 is 0 Å². The second-order valence-electron chi connectivity index (χ2n) is 8.80. The van der Waals surface area contributed by atoms with Gasteiger partial charge in [-0.05, 0) is 73.2 Å². The lowest BCUT2D eigenvalue weighted by molar-refractivity contribution is -0.134. The van der Waals surface area contributed by atoms with Crippen LogP contribution >= 0.6 is 34.5 Å². The summed E-state index contributed by atoms with van der Waals surface area (Å²) in [5.74, 6) is 0.766. The predicted molar refractivity (Wildman–Crippen MR) is 137 cm³/mol. The average molecular weight is 531 g/mol. The Bertz CT molecular complexity index is 1290. The van der Waals surface area contributed by atoms with E-state index in [2.05, 4.69) is 0 Å². The molecule has 0 fully saturated rings. The Morgan fingerprint density at radius 1 is 1.09 bits per heavy atom. The Morgan fingerprint density at radius 2 is 1.89 bits per heavy atom. The molecule has 5 rings (SSSR count). The van der Waals surface area contributed by atoms with Crippen molar-refractivity contribution >= 4 is 46.4 Å². The molecule has 2 aliphatic heterocycles. The second kappa shape index (κ2) is 9.72. The van der Waals surface area contributed by atoms with Crippen LogP contribution in [0.4, 0.5) is 0 Å². The van der Waals surface area contributed by atoms with Crippen LogP contribution in [0.3, 0.4) is 0 Å². The normalized spacial score (nSPS) is 16.4. The van der Waals surface area contributed by atoms with Crippen LogP contribution in [-0.2, 0) is 11.2 Å². The lowest BCUT2D eigenvalue weighted by Gasteiger charge is -2.38. The van der Waals surface area contributed by atoms with Gasteiger partial charge < -0.3 is 19.3 Å². The van der Waals surface area contributed by atoms with Gasteiger partial charge >= 0.3 is 0 Å². The summed E-state index contributed by atoms with van der Waals surface area (Å²) in [4.78, 5) is 31.8. The number of amides is 2. The number of nitrogens with zero attached hydrogens (tertiary/aromatic N) is 2. The molecular formula is C26H24Cl2N2O4S. The van der Waals surface area contributed by atoms with Gasteiger partial charge in [-0.15, -0.1) is 11.3 Å². The van der Waals surface area contributed by atoms with Crippen molar-refractivity contribution in [1.82, 2.24) is 9.80 Å². The highest BCUT2D eigenvalue weighted by Crippen LogP contribution is 2.41. The molecule has 6 nitrogen and oxygen atoms in total. The lowest BCUT2D eigenvalue weighted by Crippen LogP contribution is -2.48. The largest absolute Gasteiger partial charge is 0.454 e. The van der Waals surface area contributed by atoms with Gasteiger partial charge in [0.1, 0.15) is 6.54 Å². The van der Waals surface area contributed by atoms with Crippen molar-refractivity contribution in [2.45, 2.75) is 32.4 Å². The van der Waals surface area contributed by atoms with Crippen LogP contribution in [0.15, 0.2) is 47.8 Å². The molecule has 0 saturated carbocycles. The van der Waals surface area contributed by atoms with Gasteiger partial charge in [0.2, 0.25) is 12.7 Å². The molecule has 2 amide bonds. The summed E-state index contributed by atoms with van der Waals surface area (Å²) in [6.07, 6.45) is 0.762. The minimum absolute atomic E-state index is 0.0495. The van der Waals surface area contributed by atoms with E-state index in [4.69, 9.17) is 32.7 Å². The SMILES string of the molecule is CC(C)N(CC(=O)N1CCc2sccc2C1c1ccc(Cl)cc1Cl)C(=O)c1ccc2c(c1)OCO2. The molecule has 9 heteroatoms. The third kappa shape index (κ3) is 4.60. The zero-order valence-corrected chi connectivity index (χ0v) is 21.6. The number of halogens is 2. The smallest absolute Gasteiger partial charge is 0.254 e. The minimum Gasteiger partial charge on any atom is -0.454 e. The number of rotatable bonds is 5. The fourth-order valence-electron chi connectivity index (χ4n) is 4.56. The number of thiophene rings is 1. The number of hydrogen-bond donors (Lipinski definition) is 0. The first-order valence-corrected chi connectivity index (χ1v) is 13.0. The van der Waals surface area contributed by atoms with Crippen molar-refractivity contribution in [2.24, 2.45) is 0 Å². The molecule has 2 aliphatic rings. The third-order valence-electron chi connectivity index (χ3n) is 6.35. The van der Waals surface area contributed by atoms with Crippen molar-refractivity contribution in [1.29, 1.82) is 0 Å². The zero-order valence-electron chi connectivity index (χ0n) is 19.3. The summed E-state index contributed by atoms with van der Waals surface area (Å²) >= 11 is 14.4. The zero-order chi connectivity index (χ0) is 24.7. The fourth-order valence-corrected chi connectivity index (χ4v) is 5.98. The highest BCUT2D eigenvalue weighted by Gasteiger charge is 2.35. The van der Waals surface area contributed by atoms with Crippen LogP contribution in [0.2, 0.25) is 10.0 Å². The minimum atomic E-state index is -0.336. The molecule has 1 unspecified atom stereocenters. The summed E-state index contributed by atoms with van der Waals surface area (Å²) in [5.41, 5.74) is 2.34. The summed E-state index contributed by atoms with van der Waals surface area (Å²) in [7, 11) is 0. The van der Waals surface area contributed by atoms with E-state index in [0.29, 0.717) is 33.7 Å². The number of carbonyl (C=O) groups is 2. The van der Waals surface area contributed by atoms with Crippen LogP contribution in [-0.4, -0.2) is 47.5 Å². The molecule has 1 aromatic heterocycles. The maximum Gasteiger partial charge on any atom is 0.254 e. The molecule has 182 valence electrons. The van der Waals surface area contributed by atoms with Crippen molar-refractivity contribution in [2.75, 3.05) is 19.9 Å². The third-order valence-corrected chi connectivity index (χ3v) is 7.91. The van der Waals surface area contributed by atoms with Crippen LogP contribution in [0.25, 0.3) is 0 Å². The number of fused-ring (bicyclic) bond motifs is 2. The molecule has 0 saturated heterocycles. The second-order valence-corrected chi connectivity index (χ2v) is 10.6. The van der Waals surface area contributed by atoms with E-state index in [9.17, 15) is 9.59 Å². The molecule has 3 aromatic rings. The van der Waals surface area contributed by atoms with Gasteiger partial charge in [-0.1, -0.05) is 29.3 Å². The summed E-state index contributed by atoms with van der Waals surface area (Å²) in [6, 6.07) is 12.0. The first kappa shape index (κ1) is 24.0. The van der Waals surface area contributed by atoms with Gasteiger partial charge in [0.05, 0.1) is 6.04 Å². The van der Waals surface area contributed by atoms with Crippen molar-refractivity contribution < 1.29 is 19.1 Å². The maximum atomic E-state index is 13.8. The molecule has 1 atom stereocenters. The highest BCUT2D eigenvalue weighted by molar-refractivity contribution is 7.10. The number of benzene rings is 2. The standard InChI is InChI=1S/C26H24Cl2N2O4S/c1-15(2)30(26(32)16-3-6-21-22(11-16)34-14-33-21)13-24(31)29-9-7-23-19(8-10-35-23)25(29)18-5-4-17(27)12-20(18)28/h3-6,8,10-12,15,25H,7,9,13-14H2,1-2H3. The molecule has 0 radical (unpaired) electrons. The predicted octanol–water partition coefficient (Wildman–Crippen LogP) is 5.81. The van der Waals surface area contributed by atoms with Gasteiger partial charge in [-0.25, -0.2) is 0 Å². The van der Waals surface area contributed by atoms with E-state index >= 15 is 0 Å². The fraction of sp³-hybridized carbons (Fsp3) is 0.308. The van der Waals surface area contributed by atoms with Gasteiger partial charge in [-0.2, -0.15) is 0 Å². The Labute approximate surface area is 218 Å². The molecule has 0 N–H and O–H groups in total. The highest BCUT2D eigenvalue weighted by atomic mass is 35.5. The van der Waals surface area contributed by atoms with Crippen molar-refractivity contribution in [3.63, 3.8) is 0 Å². The molecule has 3 heterocycles. The quantitative estimate of drug-likeness (QED) is 0.417. The Hall–Kier alpha value is -2.74. The Kier molecular flexibility index (Phi) is 6.66. The van der Waals surface area contributed by atoms with E-state index in [-0.39, 0.29) is 37.2 Å². The topological polar surface area (TPSA) is 59.1 Å². The average Bonchev–Trinajstić information content (AvgIpc) is 3.50.